The molecule has 0 spiro atoms. The maximum atomic E-state index is 13.0. The summed E-state index contributed by atoms with van der Waals surface area (Å²) in [5.74, 6) is -0.671. The average Bonchev–Trinajstić information content (AvgIpc) is 3.07. The van der Waals surface area contributed by atoms with E-state index >= 15 is 0 Å². The van der Waals surface area contributed by atoms with E-state index in [4.69, 9.17) is 18.9 Å². The average molecular weight is 704 g/mol. The van der Waals surface area contributed by atoms with Gasteiger partial charge in [0.05, 0.1) is 32.5 Å². The molecule has 4 rings (SSSR count). The van der Waals surface area contributed by atoms with E-state index in [9.17, 15) is 24.5 Å². The van der Waals surface area contributed by atoms with Crippen LogP contribution in [0, 0.1) is 10.1 Å². The van der Waals surface area contributed by atoms with Crippen molar-refractivity contribution in [2.75, 3.05) is 26.6 Å². The molecule has 0 aromatic heterocycles. The number of amides is 2. The summed E-state index contributed by atoms with van der Waals surface area (Å²) in [6.07, 6.45) is 3.83. The predicted molar refractivity (Wildman–Crippen MR) is 177 cm³/mol. The highest BCUT2D eigenvalue weighted by atomic mass is 79.9. The predicted octanol–water partition coefficient (Wildman–Crippen LogP) is 6.02. The van der Waals surface area contributed by atoms with Gasteiger partial charge in [0.25, 0.3) is 17.5 Å². The van der Waals surface area contributed by atoms with Crippen LogP contribution in [-0.4, -0.2) is 50.3 Å². The Morgan fingerprint density at radius 1 is 0.830 bits per heavy atom. The molecule has 14 heteroatoms. The van der Waals surface area contributed by atoms with Crippen LogP contribution in [0.5, 0.6) is 23.0 Å². The van der Waals surface area contributed by atoms with E-state index in [0.29, 0.717) is 38.5 Å². The second-order valence-corrected chi connectivity index (χ2v) is 10.4. The summed E-state index contributed by atoms with van der Waals surface area (Å²) in [5.41, 5.74) is 3.90. The lowest BCUT2D eigenvalue weighted by molar-refractivity contribution is -0.384. The molecule has 4 aromatic rings. The smallest absolute Gasteiger partial charge is 0.336 e. The number of nitrogens with zero attached hydrogens (tertiary/aromatic N) is 2. The molecule has 0 atom stereocenters. The van der Waals surface area contributed by atoms with Crippen LogP contribution in [0.1, 0.15) is 31.8 Å². The second-order valence-electron chi connectivity index (χ2n) is 9.44. The van der Waals surface area contributed by atoms with Crippen molar-refractivity contribution in [3.05, 3.63) is 122 Å². The Labute approximate surface area is 277 Å². The molecule has 0 saturated carbocycles. The number of methoxy groups -OCH3 is 3. The van der Waals surface area contributed by atoms with Gasteiger partial charge >= 0.3 is 5.97 Å². The number of halogens is 1. The summed E-state index contributed by atoms with van der Waals surface area (Å²) in [4.78, 5) is 48.8. The van der Waals surface area contributed by atoms with Gasteiger partial charge in [-0.15, -0.1) is 0 Å². The first-order chi connectivity index (χ1) is 22.6. The number of hydrazone groups is 1. The molecule has 0 saturated heterocycles. The lowest BCUT2D eigenvalue weighted by Gasteiger charge is -2.14. The zero-order valence-electron chi connectivity index (χ0n) is 25.2. The van der Waals surface area contributed by atoms with Crippen molar-refractivity contribution in [2.24, 2.45) is 5.10 Å². The molecule has 0 aliphatic carbocycles. The van der Waals surface area contributed by atoms with Crippen molar-refractivity contribution < 1.29 is 38.3 Å². The molecule has 0 unspecified atom stereocenters. The Balaban J connectivity index is 1.42. The van der Waals surface area contributed by atoms with Gasteiger partial charge in [-0.25, -0.2) is 10.2 Å². The highest BCUT2D eigenvalue weighted by Crippen LogP contribution is 2.38. The zero-order valence-corrected chi connectivity index (χ0v) is 26.8. The number of hydrogen-bond acceptors (Lipinski definition) is 10. The molecule has 0 aliphatic heterocycles. The van der Waals surface area contributed by atoms with E-state index in [1.807, 2.05) is 0 Å². The van der Waals surface area contributed by atoms with Crippen LogP contribution in [0.3, 0.4) is 0 Å². The molecule has 13 nitrogen and oxygen atoms in total. The van der Waals surface area contributed by atoms with Gasteiger partial charge in [-0.1, -0.05) is 34.1 Å². The molecule has 0 bridgehead atoms. The number of esters is 1. The molecule has 0 aliphatic rings. The van der Waals surface area contributed by atoms with Gasteiger partial charge in [-0.05, 0) is 60.2 Å². The minimum Gasteiger partial charge on any atom is -0.493 e. The molecule has 47 heavy (non-hydrogen) atoms. The van der Waals surface area contributed by atoms with Crippen molar-refractivity contribution in [3.63, 3.8) is 0 Å². The number of anilines is 1. The molecular formula is C33H27BrN4O9. The Morgan fingerprint density at radius 2 is 1.55 bits per heavy atom. The normalized spacial score (nSPS) is 10.8. The quantitative estimate of drug-likeness (QED) is 0.0448. The third-order valence-electron chi connectivity index (χ3n) is 6.35. The Kier molecular flexibility index (Phi) is 11.4. The van der Waals surface area contributed by atoms with Gasteiger partial charge in [0.2, 0.25) is 5.75 Å². The number of nitrogens with one attached hydrogen (secondary N) is 2. The maximum absolute atomic E-state index is 13.0. The summed E-state index contributed by atoms with van der Waals surface area (Å²) >= 11 is 3.35. The summed E-state index contributed by atoms with van der Waals surface area (Å²) in [5, 5.41) is 17.7. The van der Waals surface area contributed by atoms with Crippen LogP contribution in [-0.2, 0) is 4.79 Å². The van der Waals surface area contributed by atoms with Crippen LogP contribution in [0.4, 0.5) is 11.4 Å². The van der Waals surface area contributed by atoms with E-state index in [0.717, 1.165) is 6.08 Å². The van der Waals surface area contributed by atoms with Crippen molar-refractivity contribution in [2.45, 2.75) is 0 Å². The lowest BCUT2D eigenvalue weighted by Crippen LogP contribution is -2.18. The standard InChI is InChI=1S/C33H27BrN4O9/c1-44-28-17-22(18-29(45-2)31(28)46-3)32(40)36-25-8-5-7-21(16-25)33(41)37-35-19-23-15-24(34)11-12-27(23)47-30(39)13-10-20-6-4-9-26(14-20)38(42)43/h4-19H,1-3H3,(H,36,40)(H,37,41)/b13-10+,35-19?. The number of rotatable bonds is 12. The van der Waals surface area contributed by atoms with E-state index in [1.54, 1.807) is 36.4 Å². The van der Waals surface area contributed by atoms with E-state index in [-0.39, 0.29) is 22.6 Å². The Hall–Kier alpha value is -6.02. The fourth-order valence-corrected chi connectivity index (χ4v) is 4.52. The number of nitro groups is 1. The van der Waals surface area contributed by atoms with Gasteiger partial charge < -0.3 is 24.3 Å². The van der Waals surface area contributed by atoms with Crippen LogP contribution in [0.15, 0.2) is 94.5 Å². The van der Waals surface area contributed by atoms with Crippen LogP contribution in [0.25, 0.3) is 6.08 Å². The summed E-state index contributed by atoms with van der Waals surface area (Å²) in [6.45, 7) is 0. The summed E-state index contributed by atoms with van der Waals surface area (Å²) in [6, 6.07) is 19.8. The van der Waals surface area contributed by atoms with Crippen molar-refractivity contribution in [1.29, 1.82) is 0 Å². The van der Waals surface area contributed by atoms with Crippen LogP contribution < -0.4 is 29.7 Å². The number of benzene rings is 4. The molecule has 2 N–H and O–H groups in total. The Morgan fingerprint density at radius 3 is 2.23 bits per heavy atom. The van der Waals surface area contributed by atoms with Gasteiger partial charge in [0, 0.05) is 45.1 Å². The van der Waals surface area contributed by atoms with Crippen LogP contribution >= 0.6 is 15.9 Å². The van der Waals surface area contributed by atoms with Gasteiger partial charge in [0.1, 0.15) is 5.75 Å². The molecule has 0 fully saturated rings. The number of hydrogen-bond donors (Lipinski definition) is 2. The number of non-ortho nitro benzene ring substituents is 1. The fraction of sp³-hybridized carbons (Fsp3) is 0.0909. The molecule has 0 radical (unpaired) electrons. The Bertz CT molecular complexity index is 1870. The first-order valence-electron chi connectivity index (χ1n) is 13.6. The first kappa shape index (κ1) is 33.9. The molecule has 2 amide bonds. The maximum Gasteiger partial charge on any atom is 0.336 e. The molecule has 240 valence electrons. The molecule has 4 aromatic carbocycles. The van der Waals surface area contributed by atoms with Gasteiger partial charge in [-0.3, -0.25) is 19.7 Å². The van der Waals surface area contributed by atoms with E-state index < -0.39 is 22.7 Å². The number of ether oxygens (including phenoxy) is 4. The minimum atomic E-state index is -0.733. The van der Waals surface area contributed by atoms with Crippen LogP contribution in [0.2, 0.25) is 0 Å². The van der Waals surface area contributed by atoms with Gasteiger partial charge in [0.15, 0.2) is 11.5 Å². The third-order valence-corrected chi connectivity index (χ3v) is 6.85. The number of carbonyl (C=O) groups excluding carboxylic acids is 3. The monoisotopic (exact) mass is 702 g/mol. The topological polar surface area (TPSA) is 168 Å². The molecule has 0 heterocycles. The SMILES string of the molecule is COc1cc(C(=O)Nc2cccc(C(=O)NN=Cc3cc(Br)ccc3OC(=O)/C=C/c3cccc([N+](=O)[O-])c3)c2)cc(OC)c1OC. The van der Waals surface area contributed by atoms with E-state index in [1.165, 1.54) is 76.1 Å². The highest BCUT2D eigenvalue weighted by molar-refractivity contribution is 9.10. The molecular weight excluding hydrogens is 676 g/mol. The van der Waals surface area contributed by atoms with E-state index in [2.05, 4.69) is 31.8 Å². The summed E-state index contributed by atoms with van der Waals surface area (Å²) < 4.78 is 22.0. The fourth-order valence-electron chi connectivity index (χ4n) is 4.14. The van der Waals surface area contributed by atoms with Crippen molar-refractivity contribution >= 4 is 57.4 Å². The third kappa shape index (κ3) is 9.02. The van der Waals surface area contributed by atoms with Crippen molar-refractivity contribution in [3.8, 4) is 23.0 Å². The number of nitro benzene ring substituents is 1. The first-order valence-corrected chi connectivity index (χ1v) is 14.4. The van der Waals surface area contributed by atoms with Gasteiger partial charge in [-0.2, -0.15) is 5.10 Å². The summed E-state index contributed by atoms with van der Waals surface area (Å²) in [7, 11) is 4.34. The minimum absolute atomic E-state index is 0.110. The highest BCUT2D eigenvalue weighted by Gasteiger charge is 2.18. The largest absolute Gasteiger partial charge is 0.493 e. The second kappa shape index (κ2) is 15.8. The van der Waals surface area contributed by atoms with Crippen molar-refractivity contribution in [1.82, 2.24) is 5.43 Å². The lowest BCUT2D eigenvalue weighted by atomic mass is 10.1. The number of carbonyl (C=O) groups is 3. The zero-order chi connectivity index (χ0) is 33.9.